The van der Waals surface area contributed by atoms with Crippen molar-refractivity contribution in [3.63, 3.8) is 0 Å². The summed E-state index contributed by atoms with van der Waals surface area (Å²) in [6.45, 7) is 56.9. The van der Waals surface area contributed by atoms with Crippen LogP contribution < -0.4 is 15.0 Å². The van der Waals surface area contributed by atoms with Crippen LogP contribution in [-0.4, -0.2) is 119 Å². The number of carbonyl (C=O) groups excluding carboxylic acids is 3. The molecule has 0 N–H and O–H groups in total. The molecule has 0 unspecified atom stereocenters. The van der Waals surface area contributed by atoms with Crippen molar-refractivity contribution in [3.05, 3.63) is 385 Å². The van der Waals surface area contributed by atoms with Gasteiger partial charge in [-0.3, -0.25) is 29.2 Å². The molecule has 2 aliphatic heterocycles. The van der Waals surface area contributed by atoms with E-state index in [1.54, 1.807) is 63.0 Å². The Bertz CT molecular complexity index is 5120. The minimum atomic E-state index is -2.91. The summed E-state index contributed by atoms with van der Waals surface area (Å²) in [5.74, 6) is 8.78. The number of amides is 2. The second kappa shape index (κ2) is 67.7. The fourth-order valence-electron chi connectivity index (χ4n) is 12.8. The van der Waals surface area contributed by atoms with E-state index in [0.717, 1.165) is 46.2 Å². The standard InChI is InChI=1S/C14H19NO2.C12H17NO.C11H16O2S.C11H14O.2C10H14O.C10H14.2C9H12.C8H11NO.C8H11N.C7H11N.CH4/c1-11(2)12-3-5-13(6-4-12)14(16)15-7-9-17-10-8-15;1-9(2)10-6-5-7-11(8-10)12(14)13(3)4;1-9(2)11-6-4-10(5-7-11)8-14(3,12)13;1-8(2)10-5-4-6-11(7-10)9(3)12;1-8(2)9-4-6-10(11-3)7-5-9;1-8(2)9-5-4-6-10(7-9)11-3;1-9(2)8-10-6-4-3-5-7-10;2*1-8(2)9-6-4-3-5-7-9;1-7(2)9-6-4-3-5-8(9)10;1-7(2)8-3-5-9-6-4-8;1-6(2)7-3-4-8-5-7;/h3-6,11H,7-10H2,1-2H3;5-9H,1-4H3;4-7,9H,8H2,1-3H3;4-8H,1-3H3;2*4-8H,1-3H3;3-7,9H,8H2,1-2H3;2*3-8H,1-2H3;3-7H,1-2H3;3-7H,1-2H3;3,5-6H,4H2,1-2H3;1H4. The summed E-state index contributed by atoms with van der Waals surface area (Å²) in [4.78, 5) is 57.3. The van der Waals surface area contributed by atoms with Gasteiger partial charge in [-0.25, -0.2) is 8.42 Å². The van der Waals surface area contributed by atoms with Crippen molar-refractivity contribution in [3.8, 4) is 11.5 Å². The Hall–Kier alpha value is -11.4. The molecule has 2 amide bonds. The molecule has 0 atom stereocenters. The second-order valence-electron chi connectivity index (χ2n) is 37.4. The summed E-state index contributed by atoms with van der Waals surface area (Å²) in [6, 6.07) is 88.9. The van der Waals surface area contributed by atoms with E-state index < -0.39 is 9.84 Å². The summed E-state index contributed by atoms with van der Waals surface area (Å²) >= 11 is 0. The van der Waals surface area contributed by atoms with Crippen LogP contribution in [0.2, 0.25) is 0 Å². The van der Waals surface area contributed by atoms with Gasteiger partial charge in [-0.1, -0.05) is 354 Å². The van der Waals surface area contributed by atoms with Gasteiger partial charge in [0.2, 0.25) is 0 Å². The molecule has 1 fully saturated rings. The zero-order valence-electron chi connectivity index (χ0n) is 87.0. The van der Waals surface area contributed by atoms with Gasteiger partial charge >= 0.3 is 0 Å². The van der Waals surface area contributed by atoms with E-state index in [2.05, 4.69) is 284 Å². The summed E-state index contributed by atoms with van der Waals surface area (Å²) in [5.41, 5.74) is 17.9. The minimum Gasteiger partial charge on any atom is -0.497 e. The van der Waals surface area contributed by atoms with Gasteiger partial charge < -0.3 is 28.6 Å². The first-order valence-electron chi connectivity index (χ1n) is 47.7. The first kappa shape index (κ1) is 122. The molecule has 2 aliphatic rings. The first-order valence-corrected chi connectivity index (χ1v) is 49.8. The molecule has 0 aliphatic carbocycles. The number of sulfone groups is 1. The lowest BCUT2D eigenvalue weighted by Crippen LogP contribution is -2.40. The average Bonchev–Trinajstić information content (AvgIpc) is 1.36. The van der Waals surface area contributed by atoms with Gasteiger partial charge in [0.1, 0.15) is 11.5 Å². The van der Waals surface area contributed by atoms with Crippen LogP contribution in [0.5, 0.6) is 11.5 Å². The molecule has 14 nitrogen and oxygen atoms in total. The highest BCUT2D eigenvalue weighted by molar-refractivity contribution is 7.89. The Labute approximate surface area is 817 Å². The highest BCUT2D eigenvalue weighted by atomic mass is 32.2. The monoisotopic (exact) mass is 1860 g/mol. The molecule has 135 heavy (non-hydrogen) atoms. The highest BCUT2D eigenvalue weighted by Gasteiger charge is 2.19. The SMILES string of the molecule is C.CC(=O)c1cccc(C(C)C)c1.CC(C)C1=CCN=C1.CC(C)Cc1ccccc1.CC(C)c1ccc(C(=O)N2CCOCC2)cc1.CC(C)c1ccc(CS(C)(=O)=O)cc1.CC(C)c1cccc(C(=O)N(C)C)c1.CC(C)c1ccccc1.CC(C)c1ccccc1.CC(C)c1ccncc1.CC(C)n1ccccc1=O.COc1ccc(C(C)C)cc1.COc1cccc(C(C)C)c1. The molecule has 734 valence electrons. The van der Waals surface area contributed by atoms with Crippen LogP contribution in [0.4, 0.5) is 0 Å². The third-order valence-corrected chi connectivity index (χ3v) is 22.3. The van der Waals surface area contributed by atoms with E-state index in [4.69, 9.17) is 14.2 Å². The van der Waals surface area contributed by atoms with E-state index in [-0.39, 0.29) is 42.4 Å². The molecule has 1 saturated heterocycles. The summed E-state index contributed by atoms with van der Waals surface area (Å²) in [5, 5.41) is 0. The number of allylic oxidation sites excluding steroid dienone is 1. The molecule has 0 spiro atoms. The lowest BCUT2D eigenvalue weighted by Gasteiger charge is -2.26. The average molecular weight is 1860 g/mol. The number of carbonyl (C=O) groups is 3. The van der Waals surface area contributed by atoms with E-state index >= 15 is 0 Å². The van der Waals surface area contributed by atoms with Crippen LogP contribution in [0.3, 0.4) is 0 Å². The number of methoxy groups -OCH3 is 2. The van der Waals surface area contributed by atoms with Crippen LogP contribution in [0.25, 0.3) is 0 Å². The van der Waals surface area contributed by atoms with Gasteiger partial charge in [-0.05, 0) is 232 Å². The summed E-state index contributed by atoms with van der Waals surface area (Å²) < 4.78 is 39.1. The van der Waals surface area contributed by atoms with Gasteiger partial charge in [-0.2, -0.15) is 0 Å². The summed E-state index contributed by atoms with van der Waals surface area (Å²) in [6.07, 6.45) is 12.0. The number of nitrogens with zero attached hydrogens (tertiary/aromatic N) is 5. The third-order valence-electron chi connectivity index (χ3n) is 21.4. The van der Waals surface area contributed by atoms with Crippen molar-refractivity contribution >= 4 is 33.6 Å². The maximum Gasteiger partial charge on any atom is 0.254 e. The van der Waals surface area contributed by atoms with Crippen LogP contribution in [0.15, 0.2) is 307 Å². The number of ether oxygens (including phenoxy) is 3. The van der Waals surface area contributed by atoms with Crippen LogP contribution in [0, 0.1) is 11.8 Å². The van der Waals surface area contributed by atoms with Crippen molar-refractivity contribution in [2.75, 3.05) is 67.4 Å². The number of aliphatic imine (C=N–C) groups is 1. The van der Waals surface area contributed by atoms with Crippen molar-refractivity contribution in [2.45, 2.75) is 252 Å². The number of morpholine rings is 1. The number of hydrogen-bond donors (Lipinski definition) is 0. The number of benzene rings is 9. The van der Waals surface area contributed by atoms with E-state index in [9.17, 15) is 27.6 Å². The number of pyridine rings is 2. The van der Waals surface area contributed by atoms with Crippen LogP contribution >= 0.6 is 0 Å². The van der Waals surface area contributed by atoms with Gasteiger partial charge in [0.15, 0.2) is 15.6 Å². The summed E-state index contributed by atoms with van der Waals surface area (Å²) in [7, 11) is 4.00. The van der Waals surface area contributed by atoms with E-state index in [1.807, 2.05) is 177 Å². The number of aromatic nitrogens is 2. The van der Waals surface area contributed by atoms with Gasteiger partial charge in [0.05, 0.1) is 39.7 Å². The Morgan fingerprint density at radius 1 is 0.407 bits per heavy atom. The molecule has 4 heterocycles. The number of rotatable bonds is 20. The van der Waals surface area contributed by atoms with Gasteiger partial charge in [-0.15, -0.1) is 0 Å². The maximum absolute atomic E-state index is 12.2. The first-order chi connectivity index (χ1) is 63.4. The zero-order valence-corrected chi connectivity index (χ0v) is 87.8. The number of ketones is 1. The fraction of sp³-hybridized carbons (Fsp3) is 0.417. The highest BCUT2D eigenvalue weighted by Crippen LogP contribution is 2.24. The molecule has 9 aromatic carbocycles. The van der Waals surface area contributed by atoms with Crippen molar-refractivity contribution in [1.29, 1.82) is 0 Å². The Kier molecular flexibility index (Phi) is 61.0. The largest absolute Gasteiger partial charge is 0.497 e. The van der Waals surface area contributed by atoms with E-state index in [1.165, 1.54) is 73.9 Å². The molecule has 11 aromatic rings. The fourth-order valence-corrected chi connectivity index (χ4v) is 13.6. The van der Waals surface area contributed by atoms with E-state index in [0.29, 0.717) is 85.5 Å². The van der Waals surface area contributed by atoms with Crippen molar-refractivity contribution < 1.29 is 37.0 Å². The molecule has 0 radical (unpaired) electrons. The Morgan fingerprint density at radius 3 is 1.13 bits per heavy atom. The predicted molar refractivity (Wildman–Crippen MR) is 578 cm³/mol. The maximum atomic E-state index is 12.2. The molecule has 2 aromatic heterocycles. The smallest absolute Gasteiger partial charge is 0.254 e. The minimum absolute atomic E-state index is 0. The lowest BCUT2D eigenvalue weighted by molar-refractivity contribution is 0.0303. The topological polar surface area (TPSA) is 167 Å². The molecular formula is C120H169N5O9S. The van der Waals surface area contributed by atoms with Gasteiger partial charge in [0.25, 0.3) is 17.4 Å². The zero-order chi connectivity index (χ0) is 100. The quantitative estimate of drug-likeness (QED) is 0.0670. The normalized spacial score (nSPS) is 11.5. The van der Waals surface area contributed by atoms with Crippen molar-refractivity contribution in [1.82, 2.24) is 19.4 Å². The number of hydrogen-bond acceptors (Lipinski definition) is 11. The number of Topliss-reactive ketones (excluding diaryl/α,β-unsaturated/α-hetero) is 1. The van der Waals surface area contributed by atoms with Crippen molar-refractivity contribution in [2.24, 2.45) is 16.8 Å². The lowest BCUT2D eigenvalue weighted by atomic mass is 10.00. The third kappa shape index (κ3) is 52.9. The Morgan fingerprint density at radius 2 is 0.785 bits per heavy atom. The molecule has 15 heteroatoms. The second-order valence-corrected chi connectivity index (χ2v) is 39.5. The van der Waals surface area contributed by atoms with Gasteiger partial charge in [0, 0.05) is 87.0 Å². The Balaban J connectivity index is 0.000000740. The molecule has 0 bridgehead atoms. The molecular weight excluding hydrogens is 1690 g/mol. The molecule has 13 rings (SSSR count). The van der Waals surface area contributed by atoms with Crippen LogP contribution in [0.1, 0.15) is 332 Å². The van der Waals surface area contributed by atoms with Crippen LogP contribution in [-0.2, 0) is 26.7 Å². The predicted octanol–water partition coefficient (Wildman–Crippen LogP) is 30.2. The molecule has 0 saturated carbocycles.